The number of aromatic nitrogens is 2. The van der Waals surface area contributed by atoms with Crippen molar-refractivity contribution in [2.24, 2.45) is 0 Å². The minimum atomic E-state index is 0.242. The molecule has 0 amide bonds. The number of nitrogens with one attached hydrogen (secondary N) is 1. The van der Waals surface area contributed by atoms with Crippen LogP contribution in [0.15, 0.2) is 16.9 Å². The third-order valence-electron chi connectivity index (χ3n) is 3.57. The molecule has 2 unspecified atom stereocenters. The molecule has 2 aliphatic heterocycles. The van der Waals surface area contributed by atoms with Crippen LogP contribution in [0.3, 0.4) is 0 Å². The fraction of sp³-hybridized carbons (Fsp3) is 0.667. The van der Waals surface area contributed by atoms with Gasteiger partial charge in [-0.3, -0.25) is 4.90 Å². The van der Waals surface area contributed by atoms with E-state index in [2.05, 4.69) is 36.1 Å². The molecule has 2 atom stereocenters. The van der Waals surface area contributed by atoms with Gasteiger partial charge in [-0.05, 0) is 35.3 Å². The van der Waals surface area contributed by atoms with E-state index in [9.17, 15) is 0 Å². The maximum absolute atomic E-state index is 5.87. The Labute approximate surface area is 115 Å². The summed E-state index contributed by atoms with van der Waals surface area (Å²) in [5.74, 6) is 0.658. The van der Waals surface area contributed by atoms with Gasteiger partial charge in [0.15, 0.2) is 0 Å². The number of fused-ring (bicyclic) bond motifs is 1. The summed E-state index contributed by atoms with van der Waals surface area (Å²) < 4.78 is 6.76. The molecule has 2 saturated heterocycles. The highest BCUT2D eigenvalue weighted by Crippen LogP contribution is 2.22. The molecule has 0 saturated carbocycles. The molecule has 5 nitrogen and oxygen atoms in total. The van der Waals surface area contributed by atoms with E-state index in [-0.39, 0.29) is 6.10 Å². The van der Waals surface area contributed by atoms with Gasteiger partial charge in [0.2, 0.25) is 5.95 Å². The van der Waals surface area contributed by atoms with Crippen molar-refractivity contribution in [2.75, 3.05) is 31.6 Å². The molecule has 0 aliphatic carbocycles. The normalized spacial score (nSPS) is 28.1. The maximum Gasteiger partial charge on any atom is 0.222 e. The van der Waals surface area contributed by atoms with Gasteiger partial charge in [-0.15, -0.1) is 0 Å². The van der Waals surface area contributed by atoms with E-state index in [1.807, 2.05) is 0 Å². The molecule has 98 valence electrons. The smallest absolute Gasteiger partial charge is 0.222 e. The second-order valence-electron chi connectivity index (χ2n) is 4.85. The molecule has 0 bridgehead atoms. The zero-order chi connectivity index (χ0) is 12.4. The van der Waals surface area contributed by atoms with Gasteiger partial charge >= 0.3 is 0 Å². The summed E-state index contributed by atoms with van der Waals surface area (Å²) in [5.41, 5.74) is 0. The molecular weight excluding hydrogens is 296 g/mol. The summed E-state index contributed by atoms with van der Waals surface area (Å²) in [6.45, 7) is 3.88. The average molecular weight is 313 g/mol. The Bertz CT molecular complexity index is 400. The molecule has 0 aromatic carbocycles. The van der Waals surface area contributed by atoms with Crippen LogP contribution in [0.2, 0.25) is 0 Å². The lowest BCUT2D eigenvalue weighted by atomic mass is 10.2. The fourth-order valence-corrected chi connectivity index (χ4v) is 2.82. The highest BCUT2D eigenvalue weighted by Gasteiger charge is 2.31. The third kappa shape index (κ3) is 2.81. The van der Waals surface area contributed by atoms with Gasteiger partial charge < -0.3 is 10.1 Å². The van der Waals surface area contributed by atoms with E-state index in [1.54, 1.807) is 12.4 Å². The average Bonchev–Trinajstić information content (AvgIpc) is 2.85. The van der Waals surface area contributed by atoms with Crippen LogP contribution in [0.4, 0.5) is 5.95 Å². The molecule has 3 rings (SSSR count). The molecule has 2 fully saturated rings. The monoisotopic (exact) mass is 312 g/mol. The molecule has 18 heavy (non-hydrogen) atoms. The van der Waals surface area contributed by atoms with Gasteiger partial charge in [0.05, 0.1) is 17.2 Å². The number of morpholine rings is 1. The van der Waals surface area contributed by atoms with Crippen molar-refractivity contribution in [1.82, 2.24) is 14.9 Å². The van der Waals surface area contributed by atoms with Crippen LogP contribution >= 0.6 is 15.9 Å². The molecular formula is C12H17BrN4O. The Kier molecular flexibility index (Phi) is 3.77. The Balaban J connectivity index is 1.50. The topological polar surface area (TPSA) is 50.3 Å². The van der Waals surface area contributed by atoms with E-state index in [0.717, 1.165) is 24.2 Å². The Morgan fingerprint density at radius 1 is 1.44 bits per heavy atom. The van der Waals surface area contributed by atoms with Crippen LogP contribution in [-0.4, -0.2) is 53.3 Å². The second-order valence-corrected chi connectivity index (χ2v) is 5.77. The zero-order valence-corrected chi connectivity index (χ0v) is 11.8. The van der Waals surface area contributed by atoms with E-state index in [0.29, 0.717) is 12.0 Å². The number of halogens is 1. The van der Waals surface area contributed by atoms with Crippen LogP contribution in [0.5, 0.6) is 0 Å². The summed E-state index contributed by atoms with van der Waals surface area (Å²) in [7, 11) is 0. The molecule has 0 spiro atoms. The van der Waals surface area contributed by atoms with Crippen molar-refractivity contribution in [3.63, 3.8) is 0 Å². The van der Waals surface area contributed by atoms with Gasteiger partial charge in [0.25, 0.3) is 0 Å². The molecule has 6 heteroatoms. The number of nitrogens with zero attached hydrogens (tertiary/aromatic N) is 3. The first-order chi connectivity index (χ1) is 8.81. The highest BCUT2D eigenvalue weighted by molar-refractivity contribution is 9.10. The first kappa shape index (κ1) is 12.3. The van der Waals surface area contributed by atoms with E-state index < -0.39 is 0 Å². The number of ether oxygens (including phenoxy) is 1. The largest absolute Gasteiger partial charge is 0.373 e. The summed E-state index contributed by atoms with van der Waals surface area (Å²) in [4.78, 5) is 10.9. The van der Waals surface area contributed by atoms with Crippen molar-refractivity contribution in [2.45, 2.75) is 25.0 Å². The van der Waals surface area contributed by atoms with E-state index in [4.69, 9.17) is 4.74 Å². The predicted molar refractivity (Wildman–Crippen MR) is 72.6 cm³/mol. The van der Waals surface area contributed by atoms with Crippen LogP contribution in [-0.2, 0) is 4.74 Å². The molecule has 1 N–H and O–H groups in total. The van der Waals surface area contributed by atoms with Crippen molar-refractivity contribution in [3.05, 3.63) is 16.9 Å². The number of hydrogen-bond acceptors (Lipinski definition) is 5. The van der Waals surface area contributed by atoms with Gasteiger partial charge in [-0.1, -0.05) is 0 Å². The molecule has 3 heterocycles. The molecule has 1 aromatic heterocycles. The lowest BCUT2D eigenvalue weighted by Gasteiger charge is -2.35. The molecule has 0 radical (unpaired) electrons. The summed E-state index contributed by atoms with van der Waals surface area (Å²) >= 11 is 3.32. The van der Waals surface area contributed by atoms with Gasteiger partial charge in [-0.25, -0.2) is 9.97 Å². The first-order valence-electron chi connectivity index (χ1n) is 6.38. The number of rotatable bonds is 3. The summed E-state index contributed by atoms with van der Waals surface area (Å²) in [5, 5.41) is 3.23. The first-order valence-corrected chi connectivity index (χ1v) is 7.17. The lowest BCUT2D eigenvalue weighted by molar-refractivity contribution is -0.0416. The van der Waals surface area contributed by atoms with Crippen LogP contribution < -0.4 is 5.32 Å². The lowest BCUT2D eigenvalue weighted by Crippen LogP contribution is -2.48. The van der Waals surface area contributed by atoms with Crippen molar-refractivity contribution >= 4 is 21.9 Å². The molecule has 2 aliphatic rings. The SMILES string of the molecule is Brc1cnc(NCC2CN3CCCC3CO2)nc1. The van der Waals surface area contributed by atoms with E-state index in [1.165, 1.54) is 19.4 Å². The number of hydrogen-bond donors (Lipinski definition) is 1. The van der Waals surface area contributed by atoms with Crippen molar-refractivity contribution in [1.29, 1.82) is 0 Å². The van der Waals surface area contributed by atoms with Crippen LogP contribution in [0.1, 0.15) is 12.8 Å². The van der Waals surface area contributed by atoms with Crippen molar-refractivity contribution < 1.29 is 4.74 Å². The van der Waals surface area contributed by atoms with Crippen LogP contribution in [0.25, 0.3) is 0 Å². The second kappa shape index (κ2) is 5.50. The number of anilines is 1. The van der Waals surface area contributed by atoms with Gasteiger partial charge in [-0.2, -0.15) is 0 Å². The maximum atomic E-state index is 5.87. The molecule has 1 aromatic rings. The van der Waals surface area contributed by atoms with Gasteiger partial charge in [0, 0.05) is 31.5 Å². The third-order valence-corrected chi connectivity index (χ3v) is 3.98. The van der Waals surface area contributed by atoms with Crippen molar-refractivity contribution in [3.8, 4) is 0 Å². The highest BCUT2D eigenvalue weighted by atomic mass is 79.9. The van der Waals surface area contributed by atoms with Crippen LogP contribution in [0, 0.1) is 0 Å². The Morgan fingerprint density at radius 3 is 3.11 bits per heavy atom. The van der Waals surface area contributed by atoms with Gasteiger partial charge in [0.1, 0.15) is 0 Å². The summed E-state index contributed by atoms with van der Waals surface area (Å²) in [6, 6.07) is 0.658. The summed E-state index contributed by atoms with van der Waals surface area (Å²) in [6.07, 6.45) is 6.33. The fourth-order valence-electron chi connectivity index (χ4n) is 2.62. The zero-order valence-electron chi connectivity index (χ0n) is 10.2. The standard InChI is InChI=1S/C12H17BrN4O/c13-9-4-14-12(15-5-9)16-6-11-7-17-3-1-2-10(17)8-18-11/h4-5,10-11H,1-3,6-8H2,(H,14,15,16). The Hall–Kier alpha value is -0.720. The predicted octanol–water partition coefficient (Wildman–Crippen LogP) is 1.51. The minimum Gasteiger partial charge on any atom is -0.373 e. The minimum absolute atomic E-state index is 0.242. The van der Waals surface area contributed by atoms with E-state index >= 15 is 0 Å². The quantitative estimate of drug-likeness (QED) is 0.917. The Morgan fingerprint density at radius 2 is 2.28 bits per heavy atom.